The van der Waals surface area contributed by atoms with Crippen molar-refractivity contribution in [1.29, 1.82) is 0 Å². The van der Waals surface area contributed by atoms with Gasteiger partial charge in [-0.25, -0.2) is 0 Å². The minimum Gasteiger partial charge on any atom is -0.479 e. The number of carbonyl (C=O) groups excluding carboxylic acids is 2. The van der Waals surface area contributed by atoms with Crippen LogP contribution in [0.15, 0.2) is 30.5 Å². The standard InChI is InChI=1S/C25H27ClN4O3S/c1-3-19(29-14(2)31)22-13-20-24(34-22)17(4-5-28-20)18-12-16(26)10-15-11-21(33-23(15)18)25(32)30-8-6-27-7-9-30/h4-5,10,12-13,19,21,27H,3,6-9,11H2,1-2H3,(H,29,31)/t19?,21-/m1/s1. The van der Waals surface area contributed by atoms with Crippen LogP contribution in [0.5, 0.6) is 5.75 Å². The van der Waals surface area contributed by atoms with Crippen LogP contribution < -0.4 is 15.4 Å². The molecule has 1 saturated heterocycles. The van der Waals surface area contributed by atoms with Gasteiger partial charge < -0.3 is 20.3 Å². The Morgan fingerprint density at radius 2 is 2.09 bits per heavy atom. The molecule has 5 rings (SSSR count). The van der Waals surface area contributed by atoms with E-state index in [2.05, 4.69) is 15.6 Å². The molecule has 7 nitrogen and oxygen atoms in total. The maximum absolute atomic E-state index is 13.1. The maximum atomic E-state index is 13.1. The quantitative estimate of drug-likeness (QED) is 0.556. The van der Waals surface area contributed by atoms with Gasteiger partial charge in [-0.2, -0.15) is 0 Å². The van der Waals surface area contributed by atoms with Crippen LogP contribution in [0.4, 0.5) is 0 Å². The number of fused-ring (bicyclic) bond motifs is 2. The van der Waals surface area contributed by atoms with E-state index >= 15 is 0 Å². The number of piperazine rings is 1. The van der Waals surface area contributed by atoms with Crippen molar-refractivity contribution in [3.8, 4) is 16.9 Å². The fraction of sp³-hybridized carbons (Fsp3) is 0.400. The van der Waals surface area contributed by atoms with Crippen molar-refractivity contribution in [3.05, 3.63) is 45.9 Å². The van der Waals surface area contributed by atoms with E-state index in [-0.39, 0.29) is 17.9 Å². The van der Waals surface area contributed by atoms with E-state index < -0.39 is 6.10 Å². The lowest BCUT2D eigenvalue weighted by molar-refractivity contribution is -0.138. The van der Waals surface area contributed by atoms with Crippen molar-refractivity contribution in [2.24, 2.45) is 0 Å². The predicted molar refractivity (Wildman–Crippen MR) is 134 cm³/mol. The highest BCUT2D eigenvalue weighted by Gasteiger charge is 2.35. The Balaban J connectivity index is 1.52. The van der Waals surface area contributed by atoms with Crippen LogP contribution in [0.1, 0.15) is 36.8 Å². The summed E-state index contributed by atoms with van der Waals surface area (Å²) in [4.78, 5) is 32.3. The predicted octanol–water partition coefficient (Wildman–Crippen LogP) is 3.94. The normalized spacial score (nSPS) is 18.4. The Kier molecular flexibility index (Phi) is 6.46. The first-order valence-corrected chi connectivity index (χ1v) is 12.8. The number of amides is 2. The zero-order valence-electron chi connectivity index (χ0n) is 19.2. The topological polar surface area (TPSA) is 83.6 Å². The minimum absolute atomic E-state index is 0.0270. The third-order valence-electron chi connectivity index (χ3n) is 6.35. The Hall–Kier alpha value is -2.68. The van der Waals surface area contributed by atoms with Crippen molar-refractivity contribution < 1.29 is 14.3 Å². The van der Waals surface area contributed by atoms with Gasteiger partial charge in [-0.15, -0.1) is 11.3 Å². The highest BCUT2D eigenvalue weighted by Crippen LogP contribution is 2.45. The lowest BCUT2D eigenvalue weighted by Gasteiger charge is -2.29. The number of ether oxygens (including phenoxy) is 1. The van der Waals surface area contributed by atoms with Gasteiger partial charge in [0.2, 0.25) is 5.91 Å². The summed E-state index contributed by atoms with van der Waals surface area (Å²) in [7, 11) is 0. The van der Waals surface area contributed by atoms with Crippen LogP contribution in [-0.4, -0.2) is 54.0 Å². The van der Waals surface area contributed by atoms with Crippen LogP contribution in [-0.2, 0) is 16.0 Å². The fourth-order valence-electron chi connectivity index (χ4n) is 4.71. The van der Waals surface area contributed by atoms with Gasteiger partial charge in [0.05, 0.1) is 16.3 Å². The molecule has 4 heterocycles. The summed E-state index contributed by atoms with van der Waals surface area (Å²) in [5.74, 6) is 0.687. The highest BCUT2D eigenvalue weighted by molar-refractivity contribution is 7.19. The molecule has 9 heteroatoms. The zero-order chi connectivity index (χ0) is 23.8. The van der Waals surface area contributed by atoms with Crippen molar-refractivity contribution in [1.82, 2.24) is 20.5 Å². The number of carbonyl (C=O) groups is 2. The number of hydrogen-bond donors (Lipinski definition) is 2. The Labute approximate surface area is 207 Å². The Morgan fingerprint density at radius 1 is 1.29 bits per heavy atom. The molecule has 3 aromatic rings. The van der Waals surface area contributed by atoms with Crippen LogP contribution in [0.25, 0.3) is 21.3 Å². The summed E-state index contributed by atoms with van der Waals surface area (Å²) in [5, 5.41) is 6.90. The van der Waals surface area contributed by atoms with E-state index in [9.17, 15) is 9.59 Å². The molecule has 1 fully saturated rings. The van der Waals surface area contributed by atoms with E-state index in [1.807, 2.05) is 36.1 Å². The minimum atomic E-state index is -0.536. The summed E-state index contributed by atoms with van der Waals surface area (Å²) < 4.78 is 7.30. The number of hydrogen-bond acceptors (Lipinski definition) is 6. The van der Waals surface area contributed by atoms with Gasteiger partial charge in [-0.05, 0) is 30.7 Å². The van der Waals surface area contributed by atoms with Crippen LogP contribution in [0.2, 0.25) is 5.02 Å². The van der Waals surface area contributed by atoms with Crippen molar-refractivity contribution in [2.75, 3.05) is 26.2 Å². The van der Waals surface area contributed by atoms with Crippen LogP contribution >= 0.6 is 22.9 Å². The fourth-order valence-corrected chi connectivity index (χ4v) is 6.23. The van der Waals surface area contributed by atoms with Gasteiger partial charge in [-0.3, -0.25) is 14.6 Å². The lowest BCUT2D eigenvalue weighted by atomic mass is 10.0. The molecule has 2 aliphatic rings. The molecular formula is C25H27ClN4O3S. The summed E-state index contributed by atoms with van der Waals surface area (Å²) in [5.41, 5.74) is 3.64. The maximum Gasteiger partial charge on any atom is 0.264 e. The number of thiophene rings is 1. The van der Waals surface area contributed by atoms with Gasteiger partial charge in [0.1, 0.15) is 5.75 Å². The van der Waals surface area contributed by atoms with E-state index in [4.69, 9.17) is 16.3 Å². The van der Waals surface area contributed by atoms with Crippen molar-refractivity contribution in [2.45, 2.75) is 38.8 Å². The zero-order valence-corrected chi connectivity index (χ0v) is 20.8. The third kappa shape index (κ3) is 4.37. The molecule has 2 amide bonds. The van der Waals surface area contributed by atoms with E-state index in [1.165, 1.54) is 6.92 Å². The second-order valence-electron chi connectivity index (χ2n) is 8.71. The molecular weight excluding hydrogens is 472 g/mol. The Bertz CT molecular complexity index is 1250. The first-order valence-electron chi connectivity index (χ1n) is 11.6. The monoisotopic (exact) mass is 498 g/mol. The molecule has 1 aromatic carbocycles. The van der Waals surface area contributed by atoms with E-state index in [0.717, 1.165) is 51.3 Å². The van der Waals surface area contributed by atoms with Crippen molar-refractivity contribution >= 4 is 45.0 Å². The van der Waals surface area contributed by atoms with E-state index in [0.29, 0.717) is 30.3 Å². The largest absolute Gasteiger partial charge is 0.479 e. The molecule has 1 unspecified atom stereocenters. The Morgan fingerprint density at radius 3 is 2.82 bits per heavy atom. The molecule has 2 aromatic heterocycles. The highest BCUT2D eigenvalue weighted by atomic mass is 35.5. The van der Waals surface area contributed by atoms with Gasteiger partial charge in [0, 0.05) is 72.3 Å². The molecule has 0 bridgehead atoms. The smallest absolute Gasteiger partial charge is 0.264 e. The number of rotatable bonds is 5. The molecule has 0 aliphatic carbocycles. The molecule has 0 radical (unpaired) electrons. The molecule has 178 valence electrons. The first kappa shape index (κ1) is 23.1. The van der Waals surface area contributed by atoms with Crippen LogP contribution in [0, 0.1) is 0 Å². The number of nitrogens with zero attached hydrogens (tertiary/aromatic N) is 2. The average molecular weight is 499 g/mol. The van der Waals surface area contributed by atoms with Crippen LogP contribution in [0.3, 0.4) is 0 Å². The lowest BCUT2D eigenvalue weighted by Crippen LogP contribution is -2.50. The second kappa shape index (κ2) is 9.52. The number of nitrogens with one attached hydrogen (secondary N) is 2. The third-order valence-corrected chi connectivity index (χ3v) is 7.84. The summed E-state index contributed by atoms with van der Waals surface area (Å²) in [6.07, 6.45) is 2.54. The molecule has 2 N–H and O–H groups in total. The summed E-state index contributed by atoms with van der Waals surface area (Å²) in [6.45, 7) is 6.57. The van der Waals surface area contributed by atoms with Gasteiger partial charge >= 0.3 is 0 Å². The van der Waals surface area contributed by atoms with Crippen molar-refractivity contribution in [3.63, 3.8) is 0 Å². The molecule has 0 saturated carbocycles. The van der Waals surface area contributed by atoms with Gasteiger partial charge in [-0.1, -0.05) is 18.5 Å². The first-order chi connectivity index (χ1) is 16.4. The summed E-state index contributed by atoms with van der Waals surface area (Å²) in [6, 6.07) is 7.73. The molecule has 2 atom stereocenters. The summed E-state index contributed by atoms with van der Waals surface area (Å²) >= 11 is 8.14. The number of benzene rings is 1. The number of aromatic nitrogens is 1. The second-order valence-corrected chi connectivity index (χ2v) is 10.2. The van der Waals surface area contributed by atoms with Gasteiger partial charge in [0.15, 0.2) is 6.10 Å². The molecule has 34 heavy (non-hydrogen) atoms. The molecule has 2 aliphatic heterocycles. The SMILES string of the molecule is CCC(NC(C)=O)c1cc2nccc(-c3cc(Cl)cc4c3O[C@@H](C(=O)N3CCNCC3)C4)c2s1. The number of pyridine rings is 1. The average Bonchev–Trinajstić information content (AvgIpc) is 3.46. The van der Waals surface area contributed by atoms with Gasteiger partial charge in [0.25, 0.3) is 5.91 Å². The number of halogens is 1. The van der Waals surface area contributed by atoms with E-state index in [1.54, 1.807) is 17.5 Å². The molecule has 0 spiro atoms.